The topological polar surface area (TPSA) is 107 Å². The summed E-state index contributed by atoms with van der Waals surface area (Å²) in [5.41, 5.74) is 5.92. The molecule has 6 nitrogen and oxygen atoms in total. The van der Waals surface area contributed by atoms with Crippen molar-refractivity contribution in [1.82, 2.24) is 0 Å². The van der Waals surface area contributed by atoms with Crippen LogP contribution < -0.4 is 10.5 Å². The van der Waals surface area contributed by atoms with E-state index in [1.165, 1.54) is 30.3 Å². The Labute approximate surface area is 121 Å². The normalized spacial score (nSPS) is 11.1. The molecule has 0 atom stereocenters. The lowest BCUT2D eigenvalue weighted by Gasteiger charge is -2.10. The first-order valence-corrected chi connectivity index (χ1v) is 7.77. The van der Waals surface area contributed by atoms with Gasteiger partial charge in [0.1, 0.15) is 11.5 Å². The van der Waals surface area contributed by atoms with Crippen LogP contribution >= 0.6 is 0 Å². The average Bonchev–Trinajstić information content (AvgIpc) is 2.40. The van der Waals surface area contributed by atoms with Crippen LogP contribution in [0.15, 0.2) is 47.4 Å². The molecule has 0 bridgehead atoms. The Hall–Kier alpha value is -2.54. The summed E-state index contributed by atoms with van der Waals surface area (Å²) in [5.74, 6) is -0.536. The van der Waals surface area contributed by atoms with Crippen molar-refractivity contribution < 1.29 is 23.1 Å². The highest BCUT2D eigenvalue weighted by Crippen LogP contribution is 2.29. The van der Waals surface area contributed by atoms with E-state index in [2.05, 4.69) is 0 Å². The Bertz CT molecular complexity index is 799. The summed E-state index contributed by atoms with van der Waals surface area (Å²) >= 11 is 0. The van der Waals surface area contributed by atoms with E-state index in [9.17, 15) is 13.2 Å². The van der Waals surface area contributed by atoms with E-state index in [-0.39, 0.29) is 21.9 Å². The van der Waals surface area contributed by atoms with Gasteiger partial charge in [-0.1, -0.05) is 6.07 Å². The molecule has 0 saturated carbocycles. The quantitative estimate of drug-likeness (QED) is 0.838. The van der Waals surface area contributed by atoms with Gasteiger partial charge < -0.3 is 15.6 Å². The summed E-state index contributed by atoms with van der Waals surface area (Å²) in [6.45, 7) is 0. The number of hydrogen-bond acceptors (Lipinski definition) is 5. The van der Waals surface area contributed by atoms with Gasteiger partial charge in [-0.25, -0.2) is 13.2 Å². The molecule has 0 aliphatic carbocycles. The number of carboxylic acids is 1. The highest BCUT2D eigenvalue weighted by atomic mass is 32.2. The Balaban J connectivity index is 2.33. The van der Waals surface area contributed by atoms with Crippen molar-refractivity contribution in [2.45, 2.75) is 4.90 Å². The molecule has 0 saturated heterocycles. The van der Waals surface area contributed by atoms with E-state index in [4.69, 9.17) is 15.6 Å². The second-order valence-electron chi connectivity index (χ2n) is 4.41. The molecule has 0 radical (unpaired) electrons. The smallest absolute Gasteiger partial charge is 0.335 e. The van der Waals surface area contributed by atoms with E-state index < -0.39 is 15.8 Å². The summed E-state index contributed by atoms with van der Waals surface area (Å²) < 4.78 is 28.5. The van der Waals surface area contributed by atoms with Gasteiger partial charge in [-0.05, 0) is 36.4 Å². The van der Waals surface area contributed by atoms with Gasteiger partial charge in [0.25, 0.3) is 0 Å². The van der Waals surface area contributed by atoms with E-state index in [0.29, 0.717) is 5.75 Å². The number of rotatable bonds is 4. The zero-order chi connectivity index (χ0) is 15.6. The predicted molar refractivity (Wildman–Crippen MR) is 77.4 cm³/mol. The molecular weight excluding hydrogens is 294 g/mol. The third kappa shape index (κ3) is 3.51. The van der Waals surface area contributed by atoms with Crippen molar-refractivity contribution in [3.63, 3.8) is 0 Å². The molecule has 0 aliphatic rings. The molecule has 7 heteroatoms. The highest BCUT2D eigenvalue weighted by Gasteiger charge is 2.11. The van der Waals surface area contributed by atoms with Crippen molar-refractivity contribution in [2.75, 3.05) is 12.0 Å². The summed E-state index contributed by atoms with van der Waals surface area (Å²) in [6, 6.07) is 10.0. The number of hydrogen-bond donors (Lipinski definition) is 2. The SMILES string of the molecule is CS(=O)(=O)c1cccc(Oc2ccc(C(=O)O)cc2N)c1. The molecule has 0 spiro atoms. The molecule has 0 unspecified atom stereocenters. The highest BCUT2D eigenvalue weighted by molar-refractivity contribution is 7.90. The van der Waals surface area contributed by atoms with Crippen molar-refractivity contribution in [2.24, 2.45) is 0 Å². The lowest BCUT2D eigenvalue weighted by atomic mass is 10.2. The first-order valence-electron chi connectivity index (χ1n) is 5.88. The number of nitrogen functional groups attached to an aromatic ring is 1. The fourth-order valence-electron chi connectivity index (χ4n) is 1.67. The number of benzene rings is 2. The minimum absolute atomic E-state index is 0.0461. The lowest BCUT2D eigenvalue weighted by Crippen LogP contribution is -2.00. The maximum Gasteiger partial charge on any atom is 0.335 e. The van der Waals surface area contributed by atoms with Crippen LogP contribution in [0.1, 0.15) is 10.4 Å². The number of sulfone groups is 1. The Morgan fingerprint density at radius 3 is 2.48 bits per heavy atom. The van der Waals surface area contributed by atoms with Gasteiger partial charge in [0, 0.05) is 6.26 Å². The van der Waals surface area contributed by atoms with Crippen LogP contribution in [-0.2, 0) is 9.84 Å². The zero-order valence-electron chi connectivity index (χ0n) is 11.1. The third-order valence-electron chi connectivity index (χ3n) is 2.72. The van der Waals surface area contributed by atoms with Gasteiger partial charge in [-0.2, -0.15) is 0 Å². The monoisotopic (exact) mass is 307 g/mol. The van der Waals surface area contributed by atoms with Gasteiger partial charge in [-0.3, -0.25) is 0 Å². The molecule has 21 heavy (non-hydrogen) atoms. The summed E-state index contributed by atoms with van der Waals surface area (Å²) in [7, 11) is -3.33. The molecule has 0 heterocycles. The number of ether oxygens (including phenoxy) is 1. The predicted octanol–water partition coefficient (Wildman–Crippen LogP) is 2.16. The van der Waals surface area contributed by atoms with Crippen molar-refractivity contribution >= 4 is 21.5 Å². The van der Waals surface area contributed by atoms with Gasteiger partial charge in [0.15, 0.2) is 9.84 Å². The van der Waals surface area contributed by atoms with Gasteiger partial charge >= 0.3 is 5.97 Å². The lowest BCUT2D eigenvalue weighted by molar-refractivity contribution is 0.0697. The molecule has 2 aromatic rings. The van der Waals surface area contributed by atoms with E-state index in [0.717, 1.165) is 6.26 Å². The molecule has 3 N–H and O–H groups in total. The second-order valence-corrected chi connectivity index (χ2v) is 6.42. The standard InChI is InChI=1S/C14H13NO5S/c1-21(18,19)11-4-2-3-10(8-11)20-13-6-5-9(14(16)17)7-12(13)15/h2-8H,15H2,1H3,(H,16,17). The number of carboxylic acid groups (broad SMARTS) is 1. The number of aromatic carboxylic acids is 1. The molecule has 0 amide bonds. The van der Waals surface area contributed by atoms with Crippen LogP contribution in [0.25, 0.3) is 0 Å². The summed E-state index contributed by atoms with van der Waals surface area (Å²) in [6.07, 6.45) is 1.10. The molecule has 0 aliphatic heterocycles. The molecule has 0 fully saturated rings. The van der Waals surface area contributed by atoms with Crippen molar-refractivity contribution in [3.05, 3.63) is 48.0 Å². The first kappa shape index (κ1) is 14.9. The molecule has 2 rings (SSSR count). The maximum absolute atomic E-state index is 11.5. The van der Waals surface area contributed by atoms with E-state index >= 15 is 0 Å². The van der Waals surface area contributed by atoms with Crippen LogP contribution in [0.3, 0.4) is 0 Å². The number of anilines is 1. The Morgan fingerprint density at radius 2 is 1.90 bits per heavy atom. The Morgan fingerprint density at radius 1 is 1.19 bits per heavy atom. The zero-order valence-corrected chi connectivity index (χ0v) is 11.9. The summed E-state index contributed by atoms with van der Waals surface area (Å²) in [5, 5.41) is 8.85. The molecular formula is C14H13NO5S. The fourth-order valence-corrected chi connectivity index (χ4v) is 2.33. The summed E-state index contributed by atoms with van der Waals surface area (Å²) in [4.78, 5) is 10.9. The van der Waals surface area contributed by atoms with Crippen LogP contribution in [0.5, 0.6) is 11.5 Å². The minimum atomic E-state index is -3.33. The van der Waals surface area contributed by atoms with Crippen LogP contribution in [0.4, 0.5) is 5.69 Å². The van der Waals surface area contributed by atoms with Crippen LogP contribution in [0.2, 0.25) is 0 Å². The second kappa shape index (κ2) is 5.45. The van der Waals surface area contributed by atoms with Crippen molar-refractivity contribution in [3.8, 4) is 11.5 Å². The molecule has 2 aromatic carbocycles. The van der Waals surface area contributed by atoms with E-state index in [1.807, 2.05) is 0 Å². The van der Waals surface area contributed by atoms with Crippen LogP contribution in [0, 0.1) is 0 Å². The first-order chi connectivity index (χ1) is 9.77. The third-order valence-corrected chi connectivity index (χ3v) is 3.83. The minimum Gasteiger partial charge on any atom is -0.478 e. The van der Waals surface area contributed by atoms with Crippen LogP contribution in [-0.4, -0.2) is 25.7 Å². The molecule has 0 aromatic heterocycles. The van der Waals surface area contributed by atoms with Crippen molar-refractivity contribution in [1.29, 1.82) is 0 Å². The number of nitrogens with two attached hydrogens (primary N) is 1. The van der Waals surface area contributed by atoms with Gasteiger partial charge in [-0.15, -0.1) is 0 Å². The fraction of sp³-hybridized carbons (Fsp3) is 0.0714. The van der Waals surface area contributed by atoms with E-state index in [1.54, 1.807) is 12.1 Å². The van der Waals surface area contributed by atoms with Gasteiger partial charge in [0.2, 0.25) is 0 Å². The number of carbonyl (C=O) groups is 1. The van der Waals surface area contributed by atoms with Gasteiger partial charge in [0.05, 0.1) is 16.1 Å². The average molecular weight is 307 g/mol. The maximum atomic E-state index is 11.5. The largest absolute Gasteiger partial charge is 0.478 e. The Kier molecular flexibility index (Phi) is 3.86. The molecule has 110 valence electrons.